The van der Waals surface area contributed by atoms with E-state index in [0.717, 1.165) is 0 Å². The number of phenols is 1. The van der Waals surface area contributed by atoms with Crippen molar-refractivity contribution in [2.24, 2.45) is 0 Å². The molecule has 2 aromatic carbocycles. The average molecular weight is 371 g/mol. The van der Waals surface area contributed by atoms with E-state index in [1.807, 2.05) is 0 Å². The molecule has 21 heavy (non-hydrogen) atoms. The molecule has 0 aromatic heterocycles. The summed E-state index contributed by atoms with van der Waals surface area (Å²) in [6, 6.07) is 8.43. The standard InChI is InChI=1S/C14H9BrClNO4/c15-9-3-1-2-8(12(9)16)13(19)17-10-6-7(14(20)21)4-5-11(10)18/h1-6,18H,(H,17,19)(H,20,21). The van der Waals surface area contributed by atoms with Crippen molar-refractivity contribution >= 4 is 45.1 Å². The lowest BCUT2D eigenvalue weighted by molar-refractivity contribution is 0.0696. The third kappa shape index (κ3) is 3.34. The van der Waals surface area contributed by atoms with Crippen LogP contribution in [0.3, 0.4) is 0 Å². The number of carboxylic acid groups (broad SMARTS) is 1. The molecule has 0 saturated carbocycles. The Kier molecular flexibility index (Phi) is 4.50. The van der Waals surface area contributed by atoms with Crippen LogP contribution in [0.15, 0.2) is 40.9 Å². The van der Waals surface area contributed by atoms with Crippen LogP contribution in [-0.4, -0.2) is 22.1 Å². The first-order valence-corrected chi connectivity index (χ1v) is 6.89. The number of hydrogen-bond acceptors (Lipinski definition) is 3. The molecule has 0 spiro atoms. The number of anilines is 1. The fourth-order valence-electron chi connectivity index (χ4n) is 1.64. The molecule has 0 aliphatic rings. The molecule has 0 unspecified atom stereocenters. The zero-order valence-corrected chi connectivity index (χ0v) is 12.8. The van der Waals surface area contributed by atoms with E-state index >= 15 is 0 Å². The number of phenolic OH excluding ortho intramolecular Hbond substituents is 1. The van der Waals surface area contributed by atoms with Crippen molar-refractivity contribution in [1.82, 2.24) is 0 Å². The lowest BCUT2D eigenvalue weighted by Gasteiger charge is -2.10. The van der Waals surface area contributed by atoms with E-state index in [1.54, 1.807) is 12.1 Å². The molecular formula is C14H9BrClNO4. The third-order valence-corrected chi connectivity index (χ3v) is 3.98. The quantitative estimate of drug-likeness (QED) is 0.718. The van der Waals surface area contributed by atoms with Gasteiger partial charge in [-0.25, -0.2) is 4.79 Å². The van der Waals surface area contributed by atoms with Crippen molar-refractivity contribution in [3.8, 4) is 5.75 Å². The highest BCUT2D eigenvalue weighted by Crippen LogP contribution is 2.29. The van der Waals surface area contributed by atoms with Crippen LogP contribution < -0.4 is 5.32 Å². The van der Waals surface area contributed by atoms with E-state index in [-0.39, 0.29) is 27.6 Å². The molecule has 3 N–H and O–H groups in total. The van der Waals surface area contributed by atoms with Crippen LogP contribution in [0.25, 0.3) is 0 Å². The molecule has 0 bridgehead atoms. The number of amides is 1. The van der Waals surface area contributed by atoms with Crippen LogP contribution in [-0.2, 0) is 0 Å². The van der Waals surface area contributed by atoms with E-state index < -0.39 is 11.9 Å². The van der Waals surface area contributed by atoms with Crippen LogP contribution in [0.4, 0.5) is 5.69 Å². The van der Waals surface area contributed by atoms with Gasteiger partial charge in [0.2, 0.25) is 0 Å². The minimum Gasteiger partial charge on any atom is -0.506 e. The average Bonchev–Trinajstić information content (AvgIpc) is 2.43. The summed E-state index contributed by atoms with van der Waals surface area (Å²) in [5, 5.41) is 21.3. The SMILES string of the molecule is O=C(O)c1ccc(O)c(NC(=O)c2cccc(Br)c2Cl)c1. The second kappa shape index (κ2) is 6.15. The Morgan fingerprint density at radius 2 is 1.90 bits per heavy atom. The fourth-order valence-corrected chi connectivity index (χ4v) is 2.22. The molecule has 0 radical (unpaired) electrons. The monoisotopic (exact) mass is 369 g/mol. The predicted octanol–water partition coefficient (Wildman–Crippen LogP) is 3.76. The van der Waals surface area contributed by atoms with Gasteiger partial charge in [-0.15, -0.1) is 0 Å². The predicted molar refractivity (Wildman–Crippen MR) is 82.2 cm³/mol. The number of rotatable bonds is 3. The van der Waals surface area contributed by atoms with Crippen LogP contribution >= 0.6 is 27.5 Å². The van der Waals surface area contributed by atoms with Gasteiger partial charge in [0.15, 0.2) is 0 Å². The summed E-state index contributed by atoms with van der Waals surface area (Å²) in [6.45, 7) is 0. The van der Waals surface area contributed by atoms with Crippen molar-refractivity contribution in [2.75, 3.05) is 5.32 Å². The number of carbonyl (C=O) groups excluding carboxylic acids is 1. The topological polar surface area (TPSA) is 86.6 Å². The number of hydrogen-bond donors (Lipinski definition) is 3. The molecule has 108 valence electrons. The van der Waals surface area contributed by atoms with Crippen molar-refractivity contribution in [3.05, 3.63) is 57.0 Å². The van der Waals surface area contributed by atoms with Gasteiger partial charge in [-0.3, -0.25) is 4.79 Å². The first-order valence-electron chi connectivity index (χ1n) is 5.72. The van der Waals surface area contributed by atoms with Gasteiger partial charge in [0.1, 0.15) is 5.75 Å². The number of carboxylic acids is 1. The molecule has 0 aliphatic carbocycles. The van der Waals surface area contributed by atoms with Gasteiger partial charge in [-0.1, -0.05) is 17.7 Å². The van der Waals surface area contributed by atoms with Gasteiger partial charge >= 0.3 is 5.97 Å². The van der Waals surface area contributed by atoms with Gasteiger partial charge in [-0.05, 0) is 46.3 Å². The van der Waals surface area contributed by atoms with Crippen molar-refractivity contribution < 1.29 is 19.8 Å². The highest BCUT2D eigenvalue weighted by Gasteiger charge is 2.15. The van der Waals surface area contributed by atoms with E-state index in [0.29, 0.717) is 4.47 Å². The molecular weight excluding hydrogens is 362 g/mol. The van der Waals surface area contributed by atoms with Crippen LogP contribution in [0, 0.1) is 0 Å². The molecule has 0 fully saturated rings. The van der Waals surface area contributed by atoms with E-state index in [4.69, 9.17) is 16.7 Å². The Morgan fingerprint density at radius 3 is 2.57 bits per heavy atom. The first-order chi connectivity index (χ1) is 9.90. The molecule has 2 aromatic rings. The van der Waals surface area contributed by atoms with Crippen LogP contribution in [0.1, 0.15) is 20.7 Å². The number of nitrogens with one attached hydrogen (secondary N) is 1. The van der Waals surface area contributed by atoms with Crippen molar-refractivity contribution in [3.63, 3.8) is 0 Å². The van der Waals surface area contributed by atoms with Gasteiger partial charge in [0.05, 0.1) is 21.8 Å². The van der Waals surface area contributed by atoms with E-state index in [2.05, 4.69) is 21.2 Å². The van der Waals surface area contributed by atoms with Gasteiger partial charge in [0, 0.05) is 4.47 Å². The number of aromatic hydroxyl groups is 1. The Morgan fingerprint density at radius 1 is 1.19 bits per heavy atom. The van der Waals surface area contributed by atoms with Gasteiger partial charge in [-0.2, -0.15) is 0 Å². The minimum absolute atomic E-state index is 0.00376. The molecule has 7 heteroatoms. The minimum atomic E-state index is -1.16. The maximum absolute atomic E-state index is 12.1. The summed E-state index contributed by atoms with van der Waals surface area (Å²) in [7, 11) is 0. The number of benzene rings is 2. The third-order valence-electron chi connectivity index (χ3n) is 2.69. The first kappa shape index (κ1) is 15.3. The van der Waals surface area contributed by atoms with Crippen molar-refractivity contribution in [2.45, 2.75) is 0 Å². The Labute approximate surface area is 133 Å². The number of aromatic carboxylic acids is 1. The van der Waals surface area contributed by atoms with Gasteiger partial charge < -0.3 is 15.5 Å². The highest BCUT2D eigenvalue weighted by atomic mass is 79.9. The second-order valence-electron chi connectivity index (χ2n) is 4.09. The second-order valence-corrected chi connectivity index (χ2v) is 5.32. The van der Waals surface area contributed by atoms with E-state index in [1.165, 1.54) is 24.3 Å². The molecule has 0 heterocycles. The lowest BCUT2D eigenvalue weighted by atomic mass is 10.1. The fraction of sp³-hybridized carbons (Fsp3) is 0. The molecule has 0 saturated heterocycles. The molecule has 0 aliphatic heterocycles. The summed E-state index contributed by atoms with van der Waals surface area (Å²) in [6.07, 6.45) is 0. The Balaban J connectivity index is 2.33. The van der Waals surface area contributed by atoms with Crippen LogP contribution in [0.5, 0.6) is 5.75 Å². The number of carbonyl (C=O) groups is 2. The summed E-state index contributed by atoms with van der Waals surface area (Å²) in [5.74, 6) is -1.95. The van der Waals surface area contributed by atoms with Crippen LogP contribution in [0.2, 0.25) is 5.02 Å². The Bertz CT molecular complexity index is 733. The lowest BCUT2D eigenvalue weighted by Crippen LogP contribution is -2.13. The summed E-state index contributed by atoms with van der Waals surface area (Å²) >= 11 is 9.22. The highest BCUT2D eigenvalue weighted by molar-refractivity contribution is 9.10. The summed E-state index contributed by atoms with van der Waals surface area (Å²) in [4.78, 5) is 23.0. The summed E-state index contributed by atoms with van der Waals surface area (Å²) < 4.78 is 0.556. The maximum Gasteiger partial charge on any atom is 0.335 e. The molecule has 2 rings (SSSR count). The maximum atomic E-state index is 12.1. The summed E-state index contributed by atoms with van der Waals surface area (Å²) in [5.41, 5.74) is 0.144. The zero-order chi connectivity index (χ0) is 15.6. The van der Waals surface area contributed by atoms with Crippen molar-refractivity contribution in [1.29, 1.82) is 0 Å². The van der Waals surface area contributed by atoms with Gasteiger partial charge in [0.25, 0.3) is 5.91 Å². The number of halogens is 2. The molecule has 0 atom stereocenters. The zero-order valence-electron chi connectivity index (χ0n) is 10.4. The Hall–Kier alpha value is -2.05. The molecule has 1 amide bonds. The smallest absolute Gasteiger partial charge is 0.335 e. The normalized spacial score (nSPS) is 10.2. The molecule has 5 nitrogen and oxygen atoms in total. The van der Waals surface area contributed by atoms with E-state index in [9.17, 15) is 14.7 Å². The largest absolute Gasteiger partial charge is 0.506 e.